The molecule has 0 spiro atoms. The first-order chi connectivity index (χ1) is 9.25. The number of hydrogen-bond donors (Lipinski definition) is 1. The summed E-state index contributed by atoms with van der Waals surface area (Å²) in [7, 11) is 0. The lowest BCUT2D eigenvalue weighted by molar-refractivity contribution is -0.138. The zero-order chi connectivity index (χ0) is 15.3. The van der Waals surface area contributed by atoms with E-state index in [0.717, 1.165) is 12.5 Å². The third-order valence-electron chi connectivity index (χ3n) is 3.18. The van der Waals surface area contributed by atoms with E-state index in [1.165, 1.54) is 0 Å². The number of rotatable bonds is 6. The van der Waals surface area contributed by atoms with Crippen molar-refractivity contribution in [2.45, 2.75) is 45.8 Å². The van der Waals surface area contributed by atoms with Crippen molar-refractivity contribution in [2.24, 2.45) is 5.92 Å². The molecule has 5 heteroatoms. The van der Waals surface area contributed by atoms with E-state index in [1.807, 2.05) is 6.92 Å². The highest BCUT2D eigenvalue weighted by atomic mass is 79.9. The summed E-state index contributed by atoms with van der Waals surface area (Å²) < 4.78 is 40.0. The molecule has 0 saturated carbocycles. The van der Waals surface area contributed by atoms with Crippen molar-refractivity contribution in [1.82, 2.24) is 5.32 Å². The Balaban J connectivity index is 3.12. The predicted octanol–water partition coefficient (Wildman–Crippen LogP) is 5.55. The van der Waals surface area contributed by atoms with Gasteiger partial charge in [-0.15, -0.1) is 0 Å². The third-order valence-corrected chi connectivity index (χ3v) is 3.67. The number of hydrogen-bond acceptors (Lipinski definition) is 1. The molecule has 0 aromatic heterocycles. The maximum Gasteiger partial charge on any atom is 0.416 e. The molecule has 1 aromatic carbocycles. The number of alkyl halides is 3. The van der Waals surface area contributed by atoms with Gasteiger partial charge in [-0.05, 0) is 43.0 Å². The molecule has 0 fully saturated rings. The first-order valence-corrected chi connectivity index (χ1v) is 7.65. The first-order valence-electron chi connectivity index (χ1n) is 6.85. The Labute approximate surface area is 127 Å². The molecule has 1 rings (SSSR count). The normalized spacial score (nSPS) is 13.8. The molecule has 114 valence electrons. The van der Waals surface area contributed by atoms with E-state index < -0.39 is 11.7 Å². The molecule has 1 N–H and O–H groups in total. The summed E-state index contributed by atoms with van der Waals surface area (Å²) in [6, 6.07) is 4.15. The summed E-state index contributed by atoms with van der Waals surface area (Å²) in [5, 5.41) is 3.17. The van der Waals surface area contributed by atoms with Crippen LogP contribution in [-0.2, 0) is 6.18 Å². The molecule has 1 unspecified atom stereocenters. The van der Waals surface area contributed by atoms with Crippen molar-refractivity contribution < 1.29 is 13.2 Å². The molecule has 0 aliphatic rings. The summed E-state index contributed by atoms with van der Waals surface area (Å²) >= 11 is 3.12. The number of halogens is 4. The van der Waals surface area contributed by atoms with Crippen molar-refractivity contribution in [3.63, 3.8) is 0 Å². The van der Waals surface area contributed by atoms with Crippen LogP contribution in [0.25, 0.3) is 0 Å². The zero-order valence-corrected chi connectivity index (χ0v) is 13.6. The Morgan fingerprint density at radius 1 is 1.20 bits per heavy atom. The van der Waals surface area contributed by atoms with E-state index in [0.29, 0.717) is 28.9 Å². The van der Waals surface area contributed by atoms with E-state index in [-0.39, 0.29) is 6.04 Å². The van der Waals surface area contributed by atoms with E-state index in [1.54, 1.807) is 12.1 Å². The van der Waals surface area contributed by atoms with Crippen LogP contribution in [0.5, 0.6) is 0 Å². The van der Waals surface area contributed by atoms with Gasteiger partial charge in [-0.2, -0.15) is 13.2 Å². The van der Waals surface area contributed by atoms with Crippen molar-refractivity contribution >= 4 is 15.9 Å². The average molecular weight is 352 g/mol. The SMILES string of the molecule is CCNC(CCC(C)C)c1ccc(Br)cc1C(F)(F)F. The first kappa shape index (κ1) is 17.5. The summed E-state index contributed by atoms with van der Waals surface area (Å²) in [5.74, 6) is 0.473. The number of benzene rings is 1. The van der Waals surface area contributed by atoms with Crippen LogP contribution in [-0.4, -0.2) is 6.54 Å². The van der Waals surface area contributed by atoms with Crippen molar-refractivity contribution in [3.05, 3.63) is 33.8 Å². The maximum atomic E-state index is 13.2. The van der Waals surface area contributed by atoms with Gasteiger partial charge in [-0.1, -0.05) is 42.8 Å². The third kappa shape index (κ3) is 5.09. The lowest BCUT2D eigenvalue weighted by Crippen LogP contribution is -2.24. The Kier molecular flexibility index (Phi) is 6.52. The quantitative estimate of drug-likeness (QED) is 0.707. The van der Waals surface area contributed by atoms with E-state index >= 15 is 0 Å². The minimum Gasteiger partial charge on any atom is -0.310 e. The van der Waals surface area contributed by atoms with Crippen molar-refractivity contribution in [2.75, 3.05) is 6.54 Å². The summed E-state index contributed by atoms with van der Waals surface area (Å²) in [6.07, 6.45) is -2.73. The molecule has 0 aliphatic carbocycles. The standard InChI is InChI=1S/C15H21BrF3N/c1-4-20-14(8-5-10(2)3)12-7-6-11(16)9-13(12)15(17,18)19/h6-7,9-10,14,20H,4-5,8H2,1-3H3. The molecule has 0 bridgehead atoms. The fourth-order valence-corrected chi connectivity index (χ4v) is 2.55. The summed E-state index contributed by atoms with van der Waals surface area (Å²) in [5.41, 5.74) is -0.218. The van der Waals surface area contributed by atoms with E-state index in [4.69, 9.17) is 0 Å². The Hall–Kier alpha value is -0.550. The largest absolute Gasteiger partial charge is 0.416 e. The zero-order valence-electron chi connectivity index (χ0n) is 12.0. The van der Waals surface area contributed by atoms with Gasteiger partial charge in [-0.3, -0.25) is 0 Å². The minimum absolute atomic E-state index is 0.257. The lowest BCUT2D eigenvalue weighted by atomic mass is 9.94. The van der Waals surface area contributed by atoms with E-state index in [9.17, 15) is 13.2 Å². The van der Waals surface area contributed by atoms with Crippen molar-refractivity contribution in [1.29, 1.82) is 0 Å². The Morgan fingerprint density at radius 2 is 1.85 bits per heavy atom. The van der Waals surface area contributed by atoms with Gasteiger partial charge >= 0.3 is 6.18 Å². The molecule has 0 heterocycles. The molecular weight excluding hydrogens is 331 g/mol. The Morgan fingerprint density at radius 3 is 2.35 bits per heavy atom. The highest BCUT2D eigenvalue weighted by Gasteiger charge is 2.35. The van der Waals surface area contributed by atoms with Crippen LogP contribution in [0, 0.1) is 5.92 Å². The molecule has 1 aromatic rings. The number of nitrogens with one attached hydrogen (secondary N) is 1. The highest BCUT2D eigenvalue weighted by molar-refractivity contribution is 9.10. The topological polar surface area (TPSA) is 12.0 Å². The molecule has 0 aliphatic heterocycles. The van der Waals surface area contributed by atoms with Gasteiger partial charge in [0.05, 0.1) is 5.56 Å². The maximum absolute atomic E-state index is 13.2. The predicted molar refractivity (Wildman–Crippen MR) is 79.6 cm³/mol. The highest BCUT2D eigenvalue weighted by Crippen LogP contribution is 2.37. The van der Waals surface area contributed by atoms with Gasteiger partial charge in [0.2, 0.25) is 0 Å². The smallest absolute Gasteiger partial charge is 0.310 e. The second kappa shape index (κ2) is 7.46. The molecule has 1 nitrogen and oxygen atoms in total. The average Bonchev–Trinajstić information content (AvgIpc) is 2.33. The molecule has 1 atom stereocenters. The summed E-state index contributed by atoms with van der Waals surface area (Å²) in [6.45, 7) is 6.72. The second-order valence-corrected chi connectivity index (χ2v) is 6.23. The Bertz CT molecular complexity index is 430. The molecule has 0 radical (unpaired) electrons. The van der Waals surface area contributed by atoms with Gasteiger partial charge in [0, 0.05) is 10.5 Å². The van der Waals surface area contributed by atoms with Crippen LogP contribution in [0.15, 0.2) is 22.7 Å². The van der Waals surface area contributed by atoms with Crippen LogP contribution in [0.3, 0.4) is 0 Å². The van der Waals surface area contributed by atoms with E-state index in [2.05, 4.69) is 35.1 Å². The fraction of sp³-hybridized carbons (Fsp3) is 0.600. The van der Waals surface area contributed by atoms with Gasteiger partial charge < -0.3 is 5.32 Å². The van der Waals surface area contributed by atoms with Gasteiger partial charge in [0.15, 0.2) is 0 Å². The summed E-state index contributed by atoms with van der Waals surface area (Å²) in [4.78, 5) is 0. The van der Waals surface area contributed by atoms with Gasteiger partial charge in [0.25, 0.3) is 0 Å². The van der Waals surface area contributed by atoms with Gasteiger partial charge in [0.1, 0.15) is 0 Å². The monoisotopic (exact) mass is 351 g/mol. The molecule has 20 heavy (non-hydrogen) atoms. The van der Waals surface area contributed by atoms with Crippen LogP contribution in [0.4, 0.5) is 13.2 Å². The van der Waals surface area contributed by atoms with Crippen LogP contribution < -0.4 is 5.32 Å². The van der Waals surface area contributed by atoms with Crippen LogP contribution in [0.2, 0.25) is 0 Å². The van der Waals surface area contributed by atoms with Crippen LogP contribution in [0.1, 0.15) is 50.8 Å². The van der Waals surface area contributed by atoms with Crippen LogP contribution >= 0.6 is 15.9 Å². The minimum atomic E-state index is -4.33. The van der Waals surface area contributed by atoms with Gasteiger partial charge in [-0.25, -0.2) is 0 Å². The second-order valence-electron chi connectivity index (χ2n) is 5.31. The van der Waals surface area contributed by atoms with Crippen molar-refractivity contribution in [3.8, 4) is 0 Å². The lowest BCUT2D eigenvalue weighted by Gasteiger charge is -2.23. The molecular formula is C15H21BrF3N. The molecule has 0 amide bonds. The molecule has 0 saturated heterocycles. The fourth-order valence-electron chi connectivity index (χ4n) is 2.19.